The van der Waals surface area contributed by atoms with Crippen LogP contribution in [0.15, 0.2) is 60.2 Å². The Hall–Kier alpha value is -3.10. The fourth-order valence-electron chi connectivity index (χ4n) is 2.04. The maximum atomic E-state index is 11.0. The van der Waals surface area contributed by atoms with E-state index in [2.05, 4.69) is 11.8 Å². The van der Waals surface area contributed by atoms with E-state index < -0.39 is 11.0 Å². The lowest BCUT2D eigenvalue weighted by molar-refractivity contribution is -0.385. The van der Waals surface area contributed by atoms with E-state index in [1.807, 2.05) is 50.3 Å². The van der Waals surface area contributed by atoms with Gasteiger partial charge >= 0.3 is 0 Å². The van der Waals surface area contributed by atoms with Crippen molar-refractivity contribution in [1.82, 2.24) is 0 Å². The average molecular weight is 337 g/mol. The van der Waals surface area contributed by atoms with Gasteiger partial charge in [0.1, 0.15) is 18.5 Å². The zero-order valence-corrected chi connectivity index (χ0v) is 14.1. The molecular formula is C20H19NO4. The van der Waals surface area contributed by atoms with Gasteiger partial charge in [0.05, 0.1) is 4.92 Å². The lowest BCUT2D eigenvalue weighted by atomic mass is 10.1. The summed E-state index contributed by atoms with van der Waals surface area (Å²) in [5.41, 5.74) is 2.00. The molecule has 2 aromatic rings. The molecular weight excluding hydrogens is 318 g/mol. The Bertz CT molecular complexity index is 828. The van der Waals surface area contributed by atoms with Gasteiger partial charge in [-0.3, -0.25) is 10.1 Å². The highest BCUT2D eigenvalue weighted by Crippen LogP contribution is 2.29. The summed E-state index contributed by atoms with van der Waals surface area (Å²) < 4.78 is 5.63. The number of allylic oxidation sites excluding steroid dienone is 1. The third-order valence-electron chi connectivity index (χ3n) is 3.36. The van der Waals surface area contributed by atoms with Crippen molar-refractivity contribution in [3.8, 4) is 17.6 Å². The molecule has 128 valence electrons. The monoisotopic (exact) mass is 337 g/mol. The molecule has 0 spiro atoms. The first-order valence-corrected chi connectivity index (χ1v) is 7.76. The highest BCUT2D eigenvalue weighted by atomic mass is 16.6. The number of benzene rings is 2. The van der Waals surface area contributed by atoms with Gasteiger partial charge in [0.25, 0.3) is 5.69 Å². The van der Waals surface area contributed by atoms with Crippen molar-refractivity contribution in [1.29, 1.82) is 0 Å². The van der Waals surface area contributed by atoms with Crippen LogP contribution in [0.3, 0.4) is 0 Å². The van der Waals surface area contributed by atoms with Crippen LogP contribution in [0.2, 0.25) is 0 Å². The van der Waals surface area contributed by atoms with Crippen LogP contribution in [0.1, 0.15) is 31.1 Å². The van der Waals surface area contributed by atoms with Crippen molar-refractivity contribution in [3.63, 3.8) is 0 Å². The van der Waals surface area contributed by atoms with E-state index in [-0.39, 0.29) is 11.3 Å². The number of aliphatic hydroxyl groups is 1. The number of hydrogen-bond acceptors (Lipinski definition) is 4. The number of nitro groups is 1. The van der Waals surface area contributed by atoms with Crippen molar-refractivity contribution in [2.24, 2.45) is 0 Å². The molecule has 0 bridgehead atoms. The maximum Gasteiger partial charge on any atom is 0.270 e. The Morgan fingerprint density at radius 3 is 2.64 bits per heavy atom. The van der Waals surface area contributed by atoms with E-state index >= 15 is 0 Å². The highest BCUT2D eigenvalue weighted by Gasteiger charge is 2.17. The molecule has 0 amide bonds. The van der Waals surface area contributed by atoms with Crippen molar-refractivity contribution in [2.45, 2.75) is 20.0 Å². The summed E-state index contributed by atoms with van der Waals surface area (Å²) in [6, 6.07) is 13.3. The number of nitro benzene ring substituents is 1. The molecule has 0 aliphatic carbocycles. The summed E-state index contributed by atoms with van der Waals surface area (Å²) in [5, 5.41) is 21.4. The molecule has 5 heteroatoms. The Kier molecular flexibility index (Phi) is 6.33. The number of nitrogens with zero attached hydrogens (tertiary/aromatic N) is 1. The molecule has 0 fully saturated rings. The average Bonchev–Trinajstić information content (AvgIpc) is 2.60. The molecule has 1 atom stereocenters. The van der Waals surface area contributed by atoms with Crippen molar-refractivity contribution in [2.75, 3.05) is 6.61 Å². The molecule has 0 saturated carbocycles. The Labute approximate surface area is 146 Å². The third kappa shape index (κ3) is 5.48. The molecule has 0 aliphatic heterocycles. The van der Waals surface area contributed by atoms with E-state index in [1.165, 1.54) is 18.2 Å². The summed E-state index contributed by atoms with van der Waals surface area (Å²) >= 11 is 0. The van der Waals surface area contributed by atoms with Crippen LogP contribution in [0.5, 0.6) is 5.75 Å². The zero-order valence-electron chi connectivity index (χ0n) is 14.1. The second-order valence-corrected chi connectivity index (χ2v) is 5.61. The summed E-state index contributed by atoms with van der Waals surface area (Å²) in [6.07, 6.45) is 0.689. The summed E-state index contributed by atoms with van der Waals surface area (Å²) in [4.78, 5) is 10.5. The fourth-order valence-corrected chi connectivity index (χ4v) is 2.04. The fraction of sp³-hybridized carbons (Fsp3) is 0.200. The molecule has 0 aliphatic rings. The SMILES string of the molecule is CC(C)=CCOc1ccc([N+](=O)[O-])cc1[C@@H](O)C#Cc1ccccc1. The molecule has 0 saturated heterocycles. The minimum atomic E-state index is -1.19. The van der Waals surface area contributed by atoms with Gasteiger partial charge in [0.15, 0.2) is 0 Å². The van der Waals surface area contributed by atoms with Crippen molar-refractivity contribution < 1.29 is 14.8 Å². The Morgan fingerprint density at radius 1 is 1.28 bits per heavy atom. The van der Waals surface area contributed by atoms with Crippen LogP contribution in [0.25, 0.3) is 0 Å². The topological polar surface area (TPSA) is 72.6 Å². The standard InChI is InChI=1S/C20H19NO4/c1-15(2)12-13-25-20-11-9-17(21(23)24)14-18(20)19(22)10-8-16-6-4-3-5-7-16/h3-7,9,11-12,14,19,22H,13H2,1-2H3/t19-/m0/s1. The van der Waals surface area contributed by atoms with Crippen molar-refractivity contribution in [3.05, 3.63) is 81.4 Å². The minimum absolute atomic E-state index is 0.120. The first kappa shape index (κ1) is 18.2. The van der Waals surface area contributed by atoms with Gasteiger partial charge in [-0.15, -0.1) is 0 Å². The molecule has 0 radical (unpaired) electrons. The third-order valence-corrected chi connectivity index (χ3v) is 3.36. The van der Waals surface area contributed by atoms with Gasteiger partial charge in [0.2, 0.25) is 0 Å². The van der Waals surface area contributed by atoms with E-state index in [0.717, 1.165) is 11.1 Å². The van der Waals surface area contributed by atoms with Crippen LogP contribution in [-0.4, -0.2) is 16.6 Å². The van der Waals surface area contributed by atoms with E-state index in [0.29, 0.717) is 12.4 Å². The molecule has 0 unspecified atom stereocenters. The molecule has 25 heavy (non-hydrogen) atoms. The predicted octanol–water partition coefficient (Wildman–Crippen LogP) is 4.02. The number of rotatable bonds is 5. The quantitative estimate of drug-likeness (QED) is 0.387. The summed E-state index contributed by atoms with van der Waals surface area (Å²) in [6.45, 7) is 4.20. The van der Waals surface area contributed by atoms with Gasteiger partial charge in [-0.2, -0.15) is 0 Å². The molecule has 1 N–H and O–H groups in total. The second-order valence-electron chi connectivity index (χ2n) is 5.61. The van der Waals surface area contributed by atoms with Gasteiger partial charge in [-0.1, -0.05) is 35.6 Å². The normalized spacial score (nSPS) is 11.0. The van der Waals surface area contributed by atoms with E-state index in [9.17, 15) is 15.2 Å². The summed E-state index contributed by atoms with van der Waals surface area (Å²) in [7, 11) is 0. The molecule has 2 rings (SSSR count). The van der Waals surface area contributed by atoms with Gasteiger partial charge in [-0.05, 0) is 38.1 Å². The molecule has 2 aromatic carbocycles. The first-order chi connectivity index (χ1) is 12.0. The van der Waals surface area contributed by atoms with Crippen LogP contribution in [0, 0.1) is 22.0 Å². The highest BCUT2D eigenvalue weighted by molar-refractivity contribution is 5.48. The van der Waals surface area contributed by atoms with Crippen LogP contribution < -0.4 is 4.74 Å². The molecule has 0 aromatic heterocycles. The zero-order chi connectivity index (χ0) is 18.2. The maximum absolute atomic E-state index is 11.0. The Balaban J connectivity index is 2.31. The predicted molar refractivity (Wildman–Crippen MR) is 96.3 cm³/mol. The number of non-ortho nitro benzene ring substituents is 1. The lowest BCUT2D eigenvalue weighted by Crippen LogP contribution is -2.03. The number of aliphatic hydroxyl groups excluding tert-OH is 1. The Morgan fingerprint density at radius 2 is 2.00 bits per heavy atom. The smallest absolute Gasteiger partial charge is 0.270 e. The number of hydrogen-bond donors (Lipinski definition) is 1. The molecule has 0 heterocycles. The first-order valence-electron chi connectivity index (χ1n) is 7.76. The molecule has 5 nitrogen and oxygen atoms in total. The van der Waals surface area contributed by atoms with E-state index in [4.69, 9.17) is 4.74 Å². The van der Waals surface area contributed by atoms with Gasteiger partial charge in [-0.25, -0.2) is 0 Å². The van der Waals surface area contributed by atoms with Crippen LogP contribution >= 0.6 is 0 Å². The van der Waals surface area contributed by atoms with Crippen LogP contribution in [0.4, 0.5) is 5.69 Å². The van der Waals surface area contributed by atoms with Crippen molar-refractivity contribution >= 4 is 5.69 Å². The lowest BCUT2D eigenvalue weighted by Gasteiger charge is -2.12. The second kappa shape index (κ2) is 8.67. The number of ether oxygens (including phenoxy) is 1. The van der Waals surface area contributed by atoms with Crippen LogP contribution in [-0.2, 0) is 0 Å². The summed E-state index contributed by atoms with van der Waals surface area (Å²) in [5.74, 6) is 5.94. The van der Waals surface area contributed by atoms with Gasteiger partial charge in [0, 0.05) is 23.3 Å². The minimum Gasteiger partial charge on any atom is -0.489 e. The largest absolute Gasteiger partial charge is 0.489 e. The van der Waals surface area contributed by atoms with E-state index in [1.54, 1.807) is 0 Å². The van der Waals surface area contributed by atoms with Gasteiger partial charge < -0.3 is 9.84 Å².